The molecule has 1 aromatic carbocycles. The van der Waals surface area contributed by atoms with Gasteiger partial charge in [0.15, 0.2) is 0 Å². The van der Waals surface area contributed by atoms with Gasteiger partial charge < -0.3 is 0 Å². The second-order valence-electron chi connectivity index (χ2n) is 4.43. The van der Waals surface area contributed by atoms with E-state index in [9.17, 15) is 0 Å². The predicted molar refractivity (Wildman–Crippen MR) is 67.9 cm³/mol. The van der Waals surface area contributed by atoms with Gasteiger partial charge in [0.1, 0.15) is 5.01 Å². The van der Waals surface area contributed by atoms with Crippen molar-refractivity contribution in [2.24, 2.45) is 0 Å². The maximum atomic E-state index is 4.62. The summed E-state index contributed by atoms with van der Waals surface area (Å²) in [7, 11) is 0. The average molecular weight is 229 g/mol. The lowest BCUT2D eigenvalue weighted by atomic mass is 9.97. The van der Waals surface area contributed by atoms with E-state index in [2.05, 4.69) is 42.2 Å². The Hall–Kier alpha value is -1.15. The highest BCUT2D eigenvalue weighted by atomic mass is 32.1. The molecule has 0 spiro atoms. The SMILES string of the molecule is CCc1cnc(C2(c3ccccc3)CC2)s1. The zero-order valence-electron chi connectivity index (χ0n) is 9.44. The molecular weight excluding hydrogens is 214 g/mol. The largest absolute Gasteiger partial charge is 0.248 e. The van der Waals surface area contributed by atoms with E-state index in [1.807, 2.05) is 17.5 Å². The van der Waals surface area contributed by atoms with Crippen molar-refractivity contribution in [1.82, 2.24) is 4.98 Å². The van der Waals surface area contributed by atoms with Crippen LogP contribution >= 0.6 is 11.3 Å². The number of hydrogen-bond acceptors (Lipinski definition) is 2. The highest BCUT2D eigenvalue weighted by Crippen LogP contribution is 2.54. The Morgan fingerprint density at radius 2 is 2.00 bits per heavy atom. The normalized spacial score (nSPS) is 17.3. The van der Waals surface area contributed by atoms with Gasteiger partial charge in [-0.25, -0.2) is 4.98 Å². The molecule has 0 atom stereocenters. The monoisotopic (exact) mass is 229 g/mol. The van der Waals surface area contributed by atoms with Gasteiger partial charge in [0, 0.05) is 16.5 Å². The molecule has 16 heavy (non-hydrogen) atoms. The van der Waals surface area contributed by atoms with Crippen molar-refractivity contribution in [2.45, 2.75) is 31.6 Å². The summed E-state index contributed by atoms with van der Waals surface area (Å²) in [5.41, 5.74) is 1.70. The third kappa shape index (κ3) is 1.49. The van der Waals surface area contributed by atoms with Crippen LogP contribution < -0.4 is 0 Å². The quantitative estimate of drug-likeness (QED) is 0.780. The van der Waals surface area contributed by atoms with E-state index in [1.54, 1.807) is 0 Å². The van der Waals surface area contributed by atoms with Crippen molar-refractivity contribution in [2.75, 3.05) is 0 Å². The molecular formula is C14H15NS. The molecule has 1 aliphatic carbocycles. The van der Waals surface area contributed by atoms with Crippen LogP contribution in [0.4, 0.5) is 0 Å². The molecule has 82 valence electrons. The minimum absolute atomic E-state index is 0.263. The number of rotatable bonds is 3. The molecule has 1 nitrogen and oxygen atoms in total. The molecule has 0 radical (unpaired) electrons. The first-order valence-electron chi connectivity index (χ1n) is 5.86. The highest BCUT2D eigenvalue weighted by Gasteiger charge is 2.48. The fraction of sp³-hybridized carbons (Fsp3) is 0.357. The number of hydrogen-bond donors (Lipinski definition) is 0. The zero-order valence-corrected chi connectivity index (χ0v) is 10.3. The summed E-state index contributed by atoms with van der Waals surface area (Å²) >= 11 is 1.89. The van der Waals surface area contributed by atoms with E-state index in [0.717, 1.165) is 6.42 Å². The van der Waals surface area contributed by atoms with Gasteiger partial charge in [-0.3, -0.25) is 0 Å². The first-order valence-corrected chi connectivity index (χ1v) is 6.67. The van der Waals surface area contributed by atoms with Crippen LogP contribution in [0.1, 0.15) is 35.2 Å². The number of thiazole rings is 1. The lowest BCUT2D eigenvalue weighted by Crippen LogP contribution is -2.07. The molecule has 0 N–H and O–H groups in total. The summed E-state index contributed by atoms with van der Waals surface area (Å²) in [6.45, 7) is 2.19. The van der Waals surface area contributed by atoms with Gasteiger partial charge in [-0.1, -0.05) is 37.3 Å². The minimum Gasteiger partial charge on any atom is -0.248 e. The molecule has 1 heterocycles. The molecule has 2 aromatic rings. The average Bonchev–Trinajstić information content (AvgIpc) is 3.02. The van der Waals surface area contributed by atoms with Crippen LogP contribution in [0, 0.1) is 0 Å². The Morgan fingerprint density at radius 3 is 2.56 bits per heavy atom. The summed E-state index contributed by atoms with van der Waals surface area (Å²) in [6, 6.07) is 10.8. The lowest BCUT2D eigenvalue weighted by Gasteiger charge is -2.11. The maximum absolute atomic E-state index is 4.62. The van der Waals surface area contributed by atoms with Crippen molar-refractivity contribution in [3.63, 3.8) is 0 Å². The van der Waals surface area contributed by atoms with Crippen molar-refractivity contribution in [1.29, 1.82) is 0 Å². The number of benzene rings is 1. The van der Waals surface area contributed by atoms with Gasteiger partial charge in [0.2, 0.25) is 0 Å². The van der Waals surface area contributed by atoms with Crippen molar-refractivity contribution in [3.8, 4) is 0 Å². The molecule has 0 unspecified atom stereocenters. The maximum Gasteiger partial charge on any atom is 0.103 e. The first kappa shape index (κ1) is 10.0. The number of aryl methyl sites for hydroxylation is 1. The van der Waals surface area contributed by atoms with Gasteiger partial charge in [-0.05, 0) is 24.8 Å². The van der Waals surface area contributed by atoms with Crippen LogP contribution in [0.15, 0.2) is 36.5 Å². The molecule has 1 fully saturated rings. The van der Waals surface area contributed by atoms with E-state index >= 15 is 0 Å². The standard InChI is InChI=1S/C14H15NS/c1-2-12-10-15-13(16-12)14(8-9-14)11-6-4-3-5-7-11/h3-7,10H,2,8-9H2,1H3. The zero-order chi connectivity index (χ0) is 11.0. The molecule has 0 bridgehead atoms. The van der Waals surface area contributed by atoms with Crippen LogP contribution in [-0.4, -0.2) is 4.98 Å². The minimum atomic E-state index is 0.263. The summed E-state index contributed by atoms with van der Waals surface area (Å²) in [4.78, 5) is 6.02. The van der Waals surface area contributed by atoms with Gasteiger partial charge in [-0.2, -0.15) is 0 Å². The Kier molecular flexibility index (Phi) is 2.32. The third-order valence-electron chi connectivity index (χ3n) is 3.39. The van der Waals surface area contributed by atoms with E-state index in [4.69, 9.17) is 0 Å². The summed E-state index contributed by atoms with van der Waals surface area (Å²) in [6.07, 6.45) is 5.66. The second kappa shape index (κ2) is 3.70. The Morgan fingerprint density at radius 1 is 1.25 bits per heavy atom. The van der Waals surface area contributed by atoms with Gasteiger partial charge in [-0.15, -0.1) is 11.3 Å². The van der Waals surface area contributed by atoms with Crippen LogP contribution in [0.2, 0.25) is 0 Å². The van der Waals surface area contributed by atoms with Gasteiger partial charge in [0.25, 0.3) is 0 Å². The topological polar surface area (TPSA) is 12.9 Å². The van der Waals surface area contributed by atoms with Crippen molar-refractivity contribution >= 4 is 11.3 Å². The summed E-state index contributed by atoms with van der Waals surface area (Å²) in [5, 5.41) is 1.32. The summed E-state index contributed by atoms with van der Waals surface area (Å²) < 4.78 is 0. The van der Waals surface area contributed by atoms with E-state index in [-0.39, 0.29) is 5.41 Å². The lowest BCUT2D eigenvalue weighted by molar-refractivity contribution is 0.833. The van der Waals surface area contributed by atoms with Crippen molar-refractivity contribution in [3.05, 3.63) is 52.0 Å². The van der Waals surface area contributed by atoms with Gasteiger partial charge in [0.05, 0.1) is 0 Å². The van der Waals surface area contributed by atoms with Crippen LogP contribution in [0.5, 0.6) is 0 Å². The van der Waals surface area contributed by atoms with E-state index in [1.165, 1.54) is 28.3 Å². The molecule has 2 heteroatoms. The fourth-order valence-corrected chi connectivity index (χ4v) is 3.32. The molecule has 1 aromatic heterocycles. The Balaban J connectivity index is 2.00. The second-order valence-corrected chi connectivity index (χ2v) is 5.55. The van der Waals surface area contributed by atoms with E-state index < -0.39 is 0 Å². The fourth-order valence-electron chi connectivity index (χ4n) is 2.20. The molecule has 1 aliphatic rings. The number of aromatic nitrogens is 1. The van der Waals surface area contributed by atoms with Crippen LogP contribution in [0.25, 0.3) is 0 Å². The first-order chi connectivity index (χ1) is 7.85. The molecule has 0 amide bonds. The third-order valence-corrected chi connectivity index (χ3v) is 4.73. The van der Waals surface area contributed by atoms with E-state index in [0.29, 0.717) is 0 Å². The van der Waals surface area contributed by atoms with Crippen LogP contribution in [0.3, 0.4) is 0 Å². The van der Waals surface area contributed by atoms with Crippen molar-refractivity contribution < 1.29 is 0 Å². The summed E-state index contributed by atoms with van der Waals surface area (Å²) in [5.74, 6) is 0. The molecule has 0 saturated heterocycles. The smallest absolute Gasteiger partial charge is 0.103 e. The number of nitrogens with zero attached hydrogens (tertiary/aromatic N) is 1. The Bertz CT molecular complexity index is 482. The molecule has 3 rings (SSSR count). The molecule has 0 aliphatic heterocycles. The molecule has 1 saturated carbocycles. The highest BCUT2D eigenvalue weighted by molar-refractivity contribution is 7.11. The Labute approximate surface area is 100 Å². The van der Waals surface area contributed by atoms with Crippen LogP contribution in [-0.2, 0) is 11.8 Å². The predicted octanol–water partition coefficient (Wildman–Crippen LogP) is 3.79. The van der Waals surface area contributed by atoms with Gasteiger partial charge >= 0.3 is 0 Å².